The molecule has 0 unspecified atom stereocenters. The number of thiocarbonyl (C=S) groups is 1. The van der Waals surface area contributed by atoms with Crippen molar-refractivity contribution in [3.63, 3.8) is 0 Å². The number of carbonyl (C=O) groups is 1. The molecular weight excluding hydrogens is 419 g/mol. The molecule has 0 atom stereocenters. The van der Waals surface area contributed by atoms with E-state index in [9.17, 15) is 4.79 Å². The Kier molecular flexibility index (Phi) is 5.46. The highest BCUT2D eigenvalue weighted by Gasteiger charge is 2.33. The predicted octanol–water partition coefficient (Wildman–Crippen LogP) is 6.00. The van der Waals surface area contributed by atoms with Crippen LogP contribution >= 0.6 is 47.2 Å². The first-order valence-electron chi connectivity index (χ1n) is 8.61. The topological polar surface area (TPSA) is 23.6 Å². The molecule has 0 spiro atoms. The zero-order valence-corrected chi connectivity index (χ0v) is 17.5. The Morgan fingerprint density at radius 1 is 0.963 bits per heavy atom. The molecule has 3 nitrogen and oxygen atoms in total. The SMILES string of the molecule is O=C1/C(=C/c2ccc(N3CCCC3)cc2)SC(=S)N1c1ccc(Cl)c(Cl)c1. The van der Waals surface area contributed by atoms with Crippen LogP contribution < -0.4 is 9.80 Å². The van der Waals surface area contributed by atoms with Crippen LogP contribution in [-0.4, -0.2) is 23.3 Å². The van der Waals surface area contributed by atoms with Gasteiger partial charge in [-0.05, 0) is 54.8 Å². The van der Waals surface area contributed by atoms with Gasteiger partial charge in [-0.3, -0.25) is 9.69 Å². The van der Waals surface area contributed by atoms with Crippen molar-refractivity contribution in [2.45, 2.75) is 12.8 Å². The number of nitrogens with zero attached hydrogens (tertiary/aromatic N) is 2. The van der Waals surface area contributed by atoms with Crippen LogP contribution in [-0.2, 0) is 4.79 Å². The third-order valence-corrected chi connectivity index (χ3v) is 6.66. The summed E-state index contributed by atoms with van der Waals surface area (Å²) in [6.07, 6.45) is 4.38. The molecule has 2 aromatic carbocycles. The lowest BCUT2D eigenvalue weighted by Gasteiger charge is -2.17. The van der Waals surface area contributed by atoms with E-state index in [1.54, 1.807) is 18.2 Å². The largest absolute Gasteiger partial charge is 0.372 e. The number of carbonyl (C=O) groups excluding carboxylic acids is 1. The van der Waals surface area contributed by atoms with Gasteiger partial charge in [0.1, 0.15) is 0 Å². The van der Waals surface area contributed by atoms with Crippen molar-refractivity contribution in [2.24, 2.45) is 0 Å². The van der Waals surface area contributed by atoms with E-state index in [0.29, 0.717) is 25.0 Å². The molecule has 2 heterocycles. The molecule has 0 saturated carbocycles. The lowest BCUT2D eigenvalue weighted by molar-refractivity contribution is -0.113. The summed E-state index contributed by atoms with van der Waals surface area (Å²) in [7, 11) is 0. The molecule has 27 heavy (non-hydrogen) atoms. The van der Waals surface area contributed by atoms with Gasteiger partial charge in [-0.2, -0.15) is 0 Å². The second kappa shape index (κ2) is 7.84. The quantitative estimate of drug-likeness (QED) is 0.436. The molecule has 0 aromatic heterocycles. The molecule has 2 aliphatic heterocycles. The van der Waals surface area contributed by atoms with E-state index in [2.05, 4.69) is 17.0 Å². The fourth-order valence-electron chi connectivity index (χ4n) is 3.22. The Balaban J connectivity index is 1.56. The fraction of sp³-hybridized carbons (Fsp3) is 0.200. The van der Waals surface area contributed by atoms with Crippen molar-refractivity contribution in [1.82, 2.24) is 0 Å². The summed E-state index contributed by atoms with van der Waals surface area (Å²) in [6, 6.07) is 13.4. The van der Waals surface area contributed by atoms with Crippen LogP contribution in [0.1, 0.15) is 18.4 Å². The molecule has 0 aliphatic carbocycles. The monoisotopic (exact) mass is 434 g/mol. The zero-order chi connectivity index (χ0) is 19.0. The molecule has 0 radical (unpaired) electrons. The Bertz CT molecular complexity index is 937. The van der Waals surface area contributed by atoms with Crippen molar-refractivity contribution < 1.29 is 4.79 Å². The summed E-state index contributed by atoms with van der Waals surface area (Å²) in [6.45, 7) is 2.23. The maximum atomic E-state index is 12.9. The molecule has 2 aromatic rings. The van der Waals surface area contributed by atoms with E-state index in [0.717, 1.165) is 18.7 Å². The van der Waals surface area contributed by atoms with Gasteiger partial charge in [0.2, 0.25) is 0 Å². The molecule has 0 bridgehead atoms. The fourth-order valence-corrected chi connectivity index (χ4v) is 4.81. The lowest BCUT2D eigenvalue weighted by Crippen LogP contribution is -2.27. The molecule has 2 saturated heterocycles. The Morgan fingerprint density at radius 3 is 2.30 bits per heavy atom. The molecule has 2 aliphatic rings. The van der Waals surface area contributed by atoms with E-state index in [4.69, 9.17) is 35.4 Å². The maximum Gasteiger partial charge on any atom is 0.270 e. The highest BCUT2D eigenvalue weighted by Crippen LogP contribution is 2.38. The van der Waals surface area contributed by atoms with Gasteiger partial charge >= 0.3 is 0 Å². The molecule has 2 fully saturated rings. The van der Waals surface area contributed by atoms with E-state index >= 15 is 0 Å². The van der Waals surface area contributed by atoms with Crippen LogP contribution in [0.25, 0.3) is 6.08 Å². The normalized spacial score (nSPS) is 18.8. The molecule has 7 heteroatoms. The predicted molar refractivity (Wildman–Crippen MR) is 120 cm³/mol. The molecule has 0 N–H and O–H groups in total. The van der Waals surface area contributed by atoms with Crippen molar-refractivity contribution >= 4 is 74.9 Å². The Morgan fingerprint density at radius 2 is 1.63 bits per heavy atom. The van der Waals surface area contributed by atoms with Crippen LogP contribution in [0.3, 0.4) is 0 Å². The highest BCUT2D eigenvalue weighted by atomic mass is 35.5. The van der Waals surface area contributed by atoms with Crippen LogP contribution in [0.5, 0.6) is 0 Å². The molecular formula is C20H16Cl2N2OS2. The number of hydrogen-bond donors (Lipinski definition) is 0. The minimum Gasteiger partial charge on any atom is -0.372 e. The summed E-state index contributed by atoms with van der Waals surface area (Å²) in [4.78, 5) is 17.3. The van der Waals surface area contributed by atoms with Crippen LogP contribution in [0.15, 0.2) is 47.4 Å². The summed E-state index contributed by atoms with van der Waals surface area (Å²) >= 11 is 18.8. The highest BCUT2D eigenvalue weighted by molar-refractivity contribution is 8.27. The van der Waals surface area contributed by atoms with Gasteiger partial charge in [-0.15, -0.1) is 0 Å². The number of anilines is 2. The first-order valence-corrected chi connectivity index (χ1v) is 10.6. The first kappa shape index (κ1) is 18.8. The number of rotatable bonds is 3. The van der Waals surface area contributed by atoms with Gasteiger partial charge in [0, 0.05) is 18.8 Å². The maximum absolute atomic E-state index is 12.9. The second-order valence-electron chi connectivity index (χ2n) is 6.40. The van der Waals surface area contributed by atoms with Crippen LogP contribution in [0.2, 0.25) is 10.0 Å². The standard InChI is InChI=1S/C20H16Cl2N2OS2/c21-16-8-7-15(12-17(16)22)24-19(25)18(27-20(24)26)11-13-3-5-14(6-4-13)23-9-1-2-10-23/h3-8,11-12H,1-2,9-10H2/b18-11-. The van der Waals surface area contributed by atoms with Gasteiger partial charge in [-0.25, -0.2) is 0 Å². The third-order valence-electron chi connectivity index (χ3n) is 4.62. The van der Waals surface area contributed by atoms with Crippen molar-refractivity contribution in [3.8, 4) is 0 Å². The van der Waals surface area contributed by atoms with E-state index in [1.807, 2.05) is 18.2 Å². The number of hydrogen-bond acceptors (Lipinski definition) is 4. The number of amides is 1. The zero-order valence-electron chi connectivity index (χ0n) is 14.3. The molecule has 1 amide bonds. The van der Waals surface area contributed by atoms with Crippen molar-refractivity contribution in [1.29, 1.82) is 0 Å². The van der Waals surface area contributed by atoms with Gasteiger partial charge in [0.25, 0.3) is 5.91 Å². The number of benzene rings is 2. The van der Waals surface area contributed by atoms with Gasteiger partial charge in [0.15, 0.2) is 4.32 Å². The van der Waals surface area contributed by atoms with Gasteiger partial charge in [0.05, 0.1) is 20.6 Å². The smallest absolute Gasteiger partial charge is 0.270 e. The van der Waals surface area contributed by atoms with Gasteiger partial charge < -0.3 is 4.90 Å². The second-order valence-corrected chi connectivity index (χ2v) is 8.89. The molecule has 138 valence electrons. The van der Waals surface area contributed by atoms with Gasteiger partial charge in [-0.1, -0.05) is 59.3 Å². The Labute approximate surface area is 177 Å². The number of thioether (sulfide) groups is 1. The van der Waals surface area contributed by atoms with Crippen LogP contribution in [0.4, 0.5) is 11.4 Å². The number of halogens is 2. The third kappa shape index (κ3) is 3.87. The summed E-state index contributed by atoms with van der Waals surface area (Å²) in [5, 5.41) is 0.837. The Hall–Kier alpha value is -1.53. The summed E-state index contributed by atoms with van der Waals surface area (Å²) in [5.74, 6) is -0.146. The van der Waals surface area contributed by atoms with E-state index in [-0.39, 0.29) is 5.91 Å². The lowest BCUT2D eigenvalue weighted by atomic mass is 10.1. The minimum atomic E-state index is -0.146. The summed E-state index contributed by atoms with van der Waals surface area (Å²) < 4.78 is 0.485. The average Bonchev–Trinajstić information content (AvgIpc) is 3.28. The van der Waals surface area contributed by atoms with Crippen LogP contribution in [0, 0.1) is 0 Å². The van der Waals surface area contributed by atoms with E-state index in [1.165, 1.54) is 35.2 Å². The minimum absolute atomic E-state index is 0.146. The first-order chi connectivity index (χ1) is 13.0. The summed E-state index contributed by atoms with van der Waals surface area (Å²) in [5.41, 5.74) is 2.83. The van der Waals surface area contributed by atoms with Crippen molar-refractivity contribution in [3.05, 3.63) is 63.0 Å². The van der Waals surface area contributed by atoms with Crippen molar-refractivity contribution in [2.75, 3.05) is 22.9 Å². The molecule has 4 rings (SSSR count). The average molecular weight is 435 g/mol. The van der Waals surface area contributed by atoms with E-state index < -0.39 is 0 Å².